The van der Waals surface area contributed by atoms with E-state index in [1.807, 2.05) is 4.90 Å². The molecule has 3 amide bonds. The fourth-order valence-corrected chi connectivity index (χ4v) is 4.31. The molecule has 26 heavy (non-hydrogen) atoms. The molecular formula is C20H23N3O3. The van der Waals surface area contributed by atoms with Crippen LogP contribution < -0.4 is 5.32 Å². The lowest BCUT2D eigenvalue weighted by Gasteiger charge is -2.38. The van der Waals surface area contributed by atoms with Crippen LogP contribution in [0.5, 0.6) is 0 Å². The number of imide groups is 1. The molecule has 0 aromatic heterocycles. The third-order valence-electron chi connectivity index (χ3n) is 5.97. The van der Waals surface area contributed by atoms with Gasteiger partial charge in [-0.05, 0) is 49.4 Å². The maximum absolute atomic E-state index is 12.9. The number of hydrogen-bond donors (Lipinski definition) is 1. The molecule has 0 radical (unpaired) electrons. The van der Waals surface area contributed by atoms with Crippen LogP contribution in [-0.4, -0.2) is 60.2 Å². The number of benzene rings is 1. The number of nitrogens with zero attached hydrogens (tertiary/aromatic N) is 2. The minimum atomic E-state index is -0.353. The van der Waals surface area contributed by atoms with Gasteiger partial charge in [-0.25, -0.2) is 0 Å². The molecule has 2 fully saturated rings. The summed E-state index contributed by atoms with van der Waals surface area (Å²) in [6, 6.07) is 4.83. The second-order valence-corrected chi connectivity index (χ2v) is 7.49. The first-order chi connectivity index (χ1) is 12.5. The number of amides is 3. The number of carbonyl (C=O) groups excluding carboxylic acids is 3. The van der Waals surface area contributed by atoms with Gasteiger partial charge in [0, 0.05) is 31.7 Å². The molecule has 136 valence electrons. The zero-order chi connectivity index (χ0) is 18.3. The van der Waals surface area contributed by atoms with Crippen molar-refractivity contribution >= 4 is 17.7 Å². The molecule has 4 rings (SSSR count). The summed E-state index contributed by atoms with van der Waals surface area (Å²) in [4.78, 5) is 40.6. The van der Waals surface area contributed by atoms with Gasteiger partial charge in [-0.15, -0.1) is 6.58 Å². The van der Waals surface area contributed by atoms with Crippen LogP contribution in [0.1, 0.15) is 50.3 Å². The van der Waals surface area contributed by atoms with Crippen molar-refractivity contribution in [1.82, 2.24) is 15.1 Å². The van der Waals surface area contributed by atoms with Gasteiger partial charge in [-0.1, -0.05) is 6.08 Å². The Bertz CT molecular complexity index is 785. The van der Waals surface area contributed by atoms with Crippen LogP contribution in [0.2, 0.25) is 0 Å². The number of likely N-dealkylation sites (tertiary alicyclic amines) is 1. The Labute approximate surface area is 152 Å². The van der Waals surface area contributed by atoms with Crippen LogP contribution in [0.4, 0.5) is 0 Å². The summed E-state index contributed by atoms with van der Waals surface area (Å²) < 4.78 is 0. The second-order valence-electron chi connectivity index (χ2n) is 7.49. The Kier molecular flexibility index (Phi) is 4.15. The highest BCUT2D eigenvalue weighted by Gasteiger charge is 2.39. The first-order valence-electron chi connectivity index (χ1n) is 9.16. The van der Waals surface area contributed by atoms with Crippen molar-refractivity contribution in [2.45, 2.75) is 19.3 Å². The highest BCUT2D eigenvalue weighted by Crippen LogP contribution is 2.37. The maximum Gasteiger partial charge on any atom is 0.261 e. The van der Waals surface area contributed by atoms with Gasteiger partial charge in [0.25, 0.3) is 17.7 Å². The number of carbonyl (C=O) groups is 3. The van der Waals surface area contributed by atoms with Crippen molar-refractivity contribution in [3.8, 4) is 0 Å². The average molecular weight is 353 g/mol. The largest absolute Gasteiger partial charge is 0.339 e. The van der Waals surface area contributed by atoms with Gasteiger partial charge >= 0.3 is 0 Å². The summed E-state index contributed by atoms with van der Waals surface area (Å²) in [6.45, 7) is 7.36. The van der Waals surface area contributed by atoms with Crippen LogP contribution in [0.25, 0.3) is 0 Å². The van der Waals surface area contributed by atoms with Crippen LogP contribution in [0.3, 0.4) is 0 Å². The van der Waals surface area contributed by atoms with E-state index in [4.69, 9.17) is 0 Å². The van der Waals surface area contributed by atoms with E-state index in [0.717, 1.165) is 43.9 Å². The first kappa shape index (κ1) is 17.0. The van der Waals surface area contributed by atoms with Gasteiger partial charge in [0.1, 0.15) is 0 Å². The first-order valence-corrected chi connectivity index (χ1v) is 9.16. The Morgan fingerprint density at radius 1 is 1.15 bits per heavy atom. The van der Waals surface area contributed by atoms with Gasteiger partial charge in [0.05, 0.1) is 11.1 Å². The molecule has 0 atom stereocenters. The number of hydrogen-bond acceptors (Lipinski definition) is 4. The minimum absolute atomic E-state index is 0.0592. The van der Waals surface area contributed by atoms with Crippen molar-refractivity contribution in [2.24, 2.45) is 5.41 Å². The SMILES string of the molecule is C=CCN1C(=O)c2ccc(C(=O)N3CCC4(CCNC4)CC3)cc2C1=O. The van der Waals surface area contributed by atoms with E-state index in [1.54, 1.807) is 18.2 Å². The molecule has 1 N–H and O–H groups in total. The Morgan fingerprint density at radius 3 is 2.54 bits per heavy atom. The zero-order valence-electron chi connectivity index (χ0n) is 14.8. The Balaban J connectivity index is 1.51. The predicted octanol–water partition coefficient (Wildman–Crippen LogP) is 1.68. The number of piperidine rings is 1. The van der Waals surface area contributed by atoms with Crippen LogP contribution in [-0.2, 0) is 0 Å². The molecule has 3 aliphatic heterocycles. The highest BCUT2D eigenvalue weighted by molar-refractivity contribution is 6.22. The van der Waals surface area contributed by atoms with Gasteiger partial charge in [0.15, 0.2) is 0 Å². The standard InChI is InChI=1S/C20H23N3O3/c1-2-9-23-18(25)15-4-3-14(12-16(15)19(23)26)17(24)22-10-6-20(7-11-22)5-8-21-13-20/h2-4,12,21H,1,5-11,13H2. The van der Waals surface area contributed by atoms with Crippen LogP contribution in [0.15, 0.2) is 30.9 Å². The highest BCUT2D eigenvalue weighted by atomic mass is 16.2. The lowest BCUT2D eigenvalue weighted by atomic mass is 9.78. The molecule has 6 nitrogen and oxygen atoms in total. The summed E-state index contributed by atoms with van der Waals surface area (Å²) in [7, 11) is 0. The van der Waals surface area contributed by atoms with Crippen LogP contribution in [0, 0.1) is 5.41 Å². The summed E-state index contributed by atoms with van der Waals surface area (Å²) in [6.07, 6.45) is 4.74. The molecule has 3 heterocycles. The van der Waals surface area contributed by atoms with E-state index >= 15 is 0 Å². The van der Waals surface area contributed by atoms with E-state index in [9.17, 15) is 14.4 Å². The number of fused-ring (bicyclic) bond motifs is 1. The summed E-state index contributed by atoms with van der Waals surface area (Å²) in [5.41, 5.74) is 1.51. The van der Waals surface area contributed by atoms with Gasteiger partial charge in [0.2, 0.25) is 0 Å². The monoisotopic (exact) mass is 353 g/mol. The third-order valence-corrected chi connectivity index (χ3v) is 5.97. The van der Waals surface area contributed by atoms with Gasteiger partial charge in [-0.3, -0.25) is 19.3 Å². The van der Waals surface area contributed by atoms with Gasteiger partial charge in [-0.2, -0.15) is 0 Å². The smallest absolute Gasteiger partial charge is 0.261 e. The minimum Gasteiger partial charge on any atom is -0.339 e. The average Bonchev–Trinajstić information content (AvgIpc) is 3.21. The van der Waals surface area contributed by atoms with Crippen molar-refractivity contribution in [3.63, 3.8) is 0 Å². The third kappa shape index (κ3) is 2.65. The number of rotatable bonds is 3. The summed E-state index contributed by atoms with van der Waals surface area (Å²) in [5.74, 6) is -0.734. The topological polar surface area (TPSA) is 69.7 Å². The van der Waals surface area contributed by atoms with Crippen molar-refractivity contribution in [3.05, 3.63) is 47.5 Å². The normalized spacial score (nSPS) is 21.4. The molecule has 6 heteroatoms. The Morgan fingerprint density at radius 2 is 1.88 bits per heavy atom. The van der Waals surface area contributed by atoms with E-state index in [1.165, 1.54) is 12.5 Å². The summed E-state index contributed by atoms with van der Waals surface area (Å²) in [5, 5.41) is 3.43. The molecule has 1 aromatic rings. The van der Waals surface area contributed by atoms with E-state index in [2.05, 4.69) is 11.9 Å². The van der Waals surface area contributed by atoms with Crippen LogP contribution >= 0.6 is 0 Å². The lowest BCUT2D eigenvalue weighted by Crippen LogP contribution is -2.44. The maximum atomic E-state index is 12.9. The van der Waals surface area contributed by atoms with Crippen molar-refractivity contribution < 1.29 is 14.4 Å². The molecule has 0 saturated carbocycles. The zero-order valence-corrected chi connectivity index (χ0v) is 14.8. The molecule has 3 aliphatic rings. The molecule has 1 aromatic carbocycles. The molecule has 0 bridgehead atoms. The summed E-state index contributed by atoms with van der Waals surface area (Å²) >= 11 is 0. The van der Waals surface area contributed by atoms with E-state index in [-0.39, 0.29) is 24.3 Å². The quantitative estimate of drug-likeness (QED) is 0.663. The molecule has 1 spiro atoms. The molecule has 0 unspecified atom stereocenters. The Hall–Kier alpha value is -2.47. The van der Waals surface area contributed by atoms with E-state index in [0.29, 0.717) is 22.1 Å². The predicted molar refractivity (Wildman–Crippen MR) is 97.1 cm³/mol. The lowest BCUT2D eigenvalue weighted by molar-refractivity contribution is 0.0606. The fourth-order valence-electron chi connectivity index (χ4n) is 4.31. The molecule has 0 aliphatic carbocycles. The second kappa shape index (κ2) is 6.36. The van der Waals surface area contributed by atoms with Gasteiger partial charge < -0.3 is 10.2 Å². The molecular weight excluding hydrogens is 330 g/mol. The van der Waals surface area contributed by atoms with E-state index < -0.39 is 0 Å². The molecule has 2 saturated heterocycles. The van der Waals surface area contributed by atoms with Crippen molar-refractivity contribution in [1.29, 1.82) is 0 Å². The fraction of sp³-hybridized carbons (Fsp3) is 0.450. The number of nitrogens with one attached hydrogen (secondary N) is 1. The van der Waals surface area contributed by atoms with Crippen molar-refractivity contribution in [2.75, 3.05) is 32.7 Å².